The zero-order chi connectivity index (χ0) is 14.0. The summed E-state index contributed by atoms with van der Waals surface area (Å²) >= 11 is 17.6. The molecule has 6 heteroatoms. The zero-order valence-corrected chi connectivity index (χ0v) is 11.6. The van der Waals surface area contributed by atoms with Crippen LogP contribution in [0.2, 0.25) is 15.1 Å². The molecule has 0 aliphatic carbocycles. The topological polar surface area (TPSA) is 9.23 Å². The third-order valence-electron chi connectivity index (χ3n) is 2.35. The van der Waals surface area contributed by atoms with Crippen molar-refractivity contribution in [1.82, 2.24) is 0 Å². The highest BCUT2D eigenvalue weighted by molar-refractivity contribution is 6.42. The van der Waals surface area contributed by atoms with E-state index in [2.05, 4.69) is 4.74 Å². The molecule has 1 nitrogen and oxygen atoms in total. The fraction of sp³-hybridized carbons (Fsp3) is 0.0769. The molecule has 2 rings (SSSR count). The fourth-order valence-electron chi connectivity index (χ4n) is 1.58. The van der Waals surface area contributed by atoms with Crippen molar-refractivity contribution in [3.05, 3.63) is 51.5 Å². The van der Waals surface area contributed by atoms with Crippen LogP contribution in [0.3, 0.4) is 0 Å². The van der Waals surface area contributed by atoms with Crippen LogP contribution in [-0.4, -0.2) is 6.61 Å². The van der Waals surface area contributed by atoms with Crippen LogP contribution in [0.25, 0.3) is 11.1 Å². The molecule has 0 aromatic heterocycles. The van der Waals surface area contributed by atoms with Crippen LogP contribution in [0, 0.1) is 0 Å². The average Bonchev–Trinajstić information content (AvgIpc) is 2.31. The van der Waals surface area contributed by atoms with Crippen molar-refractivity contribution in [2.45, 2.75) is 6.61 Å². The Kier molecular flexibility index (Phi) is 4.50. The summed E-state index contributed by atoms with van der Waals surface area (Å²) in [6, 6.07) is 9.35. The molecular formula is C13H7Cl3F2O. The summed E-state index contributed by atoms with van der Waals surface area (Å²) in [5.41, 5.74) is 1.32. The molecular weight excluding hydrogens is 316 g/mol. The molecule has 0 fully saturated rings. The number of hydrogen-bond donors (Lipinski definition) is 0. The molecule has 0 unspecified atom stereocenters. The molecule has 0 spiro atoms. The lowest BCUT2D eigenvalue weighted by Gasteiger charge is -2.09. The molecule has 0 amide bonds. The van der Waals surface area contributed by atoms with Crippen molar-refractivity contribution in [2.24, 2.45) is 0 Å². The lowest BCUT2D eigenvalue weighted by molar-refractivity contribution is -0.0498. The Morgan fingerprint density at radius 3 is 2.21 bits per heavy atom. The van der Waals surface area contributed by atoms with E-state index in [1.54, 1.807) is 24.3 Å². The molecule has 0 aliphatic rings. The SMILES string of the molecule is FC(F)Oc1cc(Cl)cc(-c2ccc(Cl)c(Cl)c2)c1. The van der Waals surface area contributed by atoms with Crippen molar-refractivity contribution in [3.63, 3.8) is 0 Å². The molecule has 0 atom stereocenters. The average molecular weight is 324 g/mol. The second kappa shape index (κ2) is 5.95. The lowest BCUT2D eigenvalue weighted by Crippen LogP contribution is -2.01. The Hall–Kier alpha value is -1.03. The van der Waals surface area contributed by atoms with Crippen LogP contribution in [0.5, 0.6) is 5.75 Å². The molecule has 0 aliphatic heterocycles. The number of alkyl halides is 2. The third kappa shape index (κ3) is 3.72. The van der Waals surface area contributed by atoms with Crippen LogP contribution in [0.4, 0.5) is 8.78 Å². The molecule has 0 saturated heterocycles. The van der Waals surface area contributed by atoms with Gasteiger partial charge in [-0.3, -0.25) is 0 Å². The van der Waals surface area contributed by atoms with E-state index in [0.717, 1.165) is 0 Å². The predicted octanol–water partition coefficient (Wildman–Crippen LogP) is 5.92. The number of rotatable bonds is 3. The van der Waals surface area contributed by atoms with E-state index in [1.165, 1.54) is 12.1 Å². The Bertz CT molecular complexity index is 602. The maximum Gasteiger partial charge on any atom is 0.387 e. The molecule has 0 saturated carbocycles. The van der Waals surface area contributed by atoms with E-state index < -0.39 is 6.61 Å². The van der Waals surface area contributed by atoms with E-state index >= 15 is 0 Å². The van der Waals surface area contributed by atoms with Crippen molar-refractivity contribution < 1.29 is 13.5 Å². The van der Waals surface area contributed by atoms with Gasteiger partial charge in [0.05, 0.1) is 10.0 Å². The zero-order valence-electron chi connectivity index (χ0n) is 9.34. The predicted molar refractivity (Wildman–Crippen MR) is 73.5 cm³/mol. The summed E-state index contributed by atoms with van der Waals surface area (Å²) in [7, 11) is 0. The second-order valence-corrected chi connectivity index (χ2v) is 4.93. The van der Waals surface area contributed by atoms with Crippen molar-refractivity contribution in [3.8, 4) is 16.9 Å². The van der Waals surface area contributed by atoms with Gasteiger partial charge in [-0.15, -0.1) is 0 Å². The quantitative estimate of drug-likeness (QED) is 0.681. The van der Waals surface area contributed by atoms with Crippen LogP contribution >= 0.6 is 34.8 Å². The first kappa shape index (κ1) is 14.4. The lowest BCUT2D eigenvalue weighted by atomic mass is 10.1. The van der Waals surface area contributed by atoms with Crippen LogP contribution in [-0.2, 0) is 0 Å². The molecule has 0 radical (unpaired) electrons. The van der Waals surface area contributed by atoms with Crippen LogP contribution in [0.1, 0.15) is 0 Å². The van der Waals surface area contributed by atoms with Crippen LogP contribution in [0.15, 0.2) is 36.4 Å². The van der Waals surface area contributed by atoms with Gasteiger partial charge in [-0.25, -0.2) is 0 Å². The van der Waals surface area contributed by atoms with Crippen molar-refractivity contribution in [2.75, 3.05) is 0 Å². The van der Waals surface area contributed by atoms with Crippen molar-refractivity contribution >= 4 is 34.8 Å². The maximum atomic E-state index is 12.2. The van der Waals surface area contributed by atoms with Gasteiger partial charge in [-0.1, -0.05) is 40.9 Å². The van der Waals surface area contributed by atoms with Gasteiger partial charge in [0.15, 0.2) is 0 Å². The summed E-state index contributed by atoms with van der Waals surface area (Å²) in [4.78, 5) is 0. The van der Waals surface area contributed by atoms with E-state index in [1.807, 2.05) is 0 Å². The first-order chi connectivity index (χ1) is 8.95. The Morgan fingerprint density at radius 2 is 1.58 bits per heavy atom. The highest BCUT2D eigenvalue weighted by Gasteiger charge is 2.09. The summed E-state index contributed by atoms with van der Waals surface area (Å²) in [5.74, 6) is -0.0106. The van der Waals surface area contributed by atoms with Crippen molar-refractivity contribution in [1.29, 1.82) is 0 Å². The van der Waals surface area contributed by atoms with E-state index in [-0.39, 0.29) is 5.75 Å². The first-order valence-corrected chi connectivity index (χ1v) is 6.30. The molecule has 100 valence electrons. The second-order valence-electron chi connectivity index (χ2n) is 3.68. The van der Waals surface area contributed by atoms with Gasteiger partial charge >= 0.3 is 6.61 Å². The highest BCUT2D eigenvalue weighted by atomic mass is 35.5. The number of hydrogen-bond acceptors (Lipinski definition) is 1. The molecule has 2 aromatic rings. The monoisotopic (exact) mass is 322 g/mol. The third-order valence-corrected chi connectivity index (χ3v) is 3.31. The summed E-state index contributed by atoms with van der Waals surface area (Å²) < 4.78 is 28.7. The Labute approximate surface area is 123 Å². The van der Waals surface area contributed by atoms with Gasteiger partial charge in [0.1, 0.15) is 5.75 Å². The Balaban J connectivity index is 2.43. The summed E-state index contributed by atoms with van der Waals surface area (Å²) in [5, 5.41) is 1.08. The Morgan fingerprint density at radius 1 is 0.842 bits per heavy atom. The van der Waals surface area contributed by atoms with Gasteiger partial charge < -0.3 is 4.74 Å². The van der Waals surface area contributed by atoms with Crippen LogP contribution < -0.4 is 4.74 Å². The van der Waals surface area contributed by atoms with E-state index in [4.69, 9.17) is 34.8 Å². The van der Waals surface area contributed by atoms with Gasteiger partial charge in [-0.05, 0) is 41.5 Å². The maximum absolute atomic E-state index is 12.2. The molecule has 0 N–H and O–H groups in total. The van der Waals surface area contributed by atoms with E-state index in [9.17, 15) is 8.78 Å². The van der Waals surface area contributed by atoms with E-state index in [0.29, 0.717) is 26.2 Å². The molecule has 0 bridgehead atoms. The minimum Gasteiger partial charge on any atom is -0.435 e. The minimum atomic E-state index is -2.90. The van der Waals surface area contributed by atoms with Gasteiger partial charge in [0.25, 0.3) is 0 Å². The molecule has 19 heavy (non-hydrogen) atoms. The number of halogens is 5. The van der Waals surface area contributed by atoms with Gasteiger partial charge in [0, 0.05) is 5.02 Å². The normalized spacial score (nSPS) is 10.8. The molecule has 0 heterocycles. The van der Waals surface area contributed by atoms with Gasteiger partial charge in [-0.2, -0.15) is 8.78 Å². The van der Waals surface area contributed by atoms with Gasteiger partial charge in [0.2, 0.25) is 0 Å². The molecule has 2 aromatic carbocycles. The standard InChI is InChI=1S/C13H7Cl3F2O/c14-9-3-8(4-10(6-9)19-13(17)18)7-1-2-11(15)12(16)5-7/h1-6,13H. The number of ether oxygens (including phenoxy) is 1. The first-order valence-electron chi connectivity index (χ1n) is 5.16. The smallest absolute Gasteiger partial charge is 0.387 e. The highest BCUT2D eigenvalue weighted by Crippen LogP contribution is 2.32. The minimum absolute atomic E-state index is 0.0106. The largest absolute Gasteiger partial charge is 0.435 e. The number of benzene rings is 2. The fourth-order valence-corrected chi connectivity index (χ4v) is 2.10. The summed E-state index contributed by atoms with van der Waals surface area (Å²) in [6.07, 6.45) is 0. The summed E-state index contributed by atoms with van der Waals surface area (Å²) in [6.45, 7) is -2.90.